The van der Waals surface area contributed by atoms with Gasteiger partial charge in [-0.3, -0.25) is 5.43 Å². The molecule has 0 radical (unpaired) electrons. The van der Waals surface area contributed by atoms with Crippen LogP contribution >= 0.6 is 11.3 Å². The van der Waals surface area contributed by atoms with Crippen molar-refractivity contribution in [3.63, 3.8) is 0 Å². The van der Waals surface area contributed by atoms with Gasteiger partial charge in [0.25, 0.3) is 0 Å². The van der Waals surface area contributed by atoms with Crippen LogP contribution in [0.3, 0.4) is 0 Å². The molecule has 0 aliphatic carbocycles. The predicted octanol–water partition coefficient (Wildman–Crippen LogP) is 4.56. The summed E-state index contributed by atoms with van der Waals surface area (Å²) in [6.45, 7) is 3.94. The summed E-state index contributed by atoms with van der Waals surface area (Å²) in [7, 11) is 0. The van der Waals surface area contributed by atoms with Crippen LogP contribution in [0.15, 0.2) is 53.6 Å². The second-order valence-corrected chi connectivity index (χ2v) is 6.71. The number of rotatable bonds is 5. The molecule has 1 aromatic heterocycles. The number of halogens is 1. The van der Waals surface area contributed by atoms with E-state index in [0.717, 1.165) is 22.2 Å². The van der Waals surface area contributed by atoms with E-state index in [1.165, 1.54) is 29.5 Å². The summed E-state index contributed by atoms with van der Waals surface area (Å²) in [6, 6.07) is 12.2. The van der Waals surface area contributed by atoms with Gasteiger partial charge in [0, 0.05) is 4.88 Å². The zero-order valence-corrected chi connectivity index (χ0v) is 15.0. The van der Waals surface area contributed by atoms with Gasteiger partial charge in [-0.15, -0.1) is 11.3 Å². The number of hydrogen-bond acceptors (Lipinski definition) is 6. The largest absolute Gasteiger partial charge is 0.423 e. The quantitative estimate of drug-likeness (QED) is 0.310. The number of carbonyl (C=O) groups is 1. The maximum atomic E-state index is 13.2. The number of carbonyl (C=O) groups excluding carboxylic acids is 1. The van der Waals surface area contributed by atoms with Crippen LogP contribution in [-0.4, -0.2) is 17.2 Å². The highest BCUT2D eigenvalue weighted by Gasteiger charge is 2.09. The van der Waals surface area contributed by atoms with Crippen LogP contribution in [0, 0.1) is 19.7 Å². The van der Waals surface area contributed by atoms with Gasteiger partial charge < -0.3 is 4.74 Å². The maximum absolute atomic E-state index is 13.2. The molecule has 0 spiro atoms. The van der Waals surface area contributed by atoms with Gasteiger partial charge in [0.15, 0.2) is 0 Å². The second-order valence-electron chi connectivity index (χ2n) is 5.50. The lowest BCUT2D eigenvalue weighted by atomic mass is 10.2. The van der Waals surface area contributed by atoms with Gasteiger partial charge in [-0.25, -0.2) is 14.2 Å². The normalized spacial score (nSPS) is 10.9. The fraction of sp³-hybridized carbons (Fsp3) is 0.105. The first-order valence-electron chi connectivity index (χ1n) is 7.82. The van der Waals surface area contributed by atoms with Gasteiger partial charge in [0.2, 0.25) is 5.13 Å². The second kappa shape index (κ2) is 7.88. The van der Waals surface area contributed by atoms with Crippen molar-refractivity contribution < 1.29 is 13.9 Å². The van der Waals surface area contributed by atoms with Crippen LogP contribution in [0.25, 0.3) is 0 Å². The van der Waals surface area contributed by atoms with Crippen molar-refractivity contribution in [2.24, 2.45) is 5.10 Å². The Morgan fingerprint density at radius 1 is 1.23 bits per heavy atom. The molecule has 1 N–H and O–H groups in total. The van der Waals surface area contributed by atoms with Gasteiger partial charge in [-0.05, 0) is 49.7 Å². The number of nitrogens with one attached hydrogen (secondary N) is 1. The Balaban J connectivity index is 1.66. The molecule has 0 saturated heterocycles. The number of nitrogens with zero attached hydrogens (tertiary/aromatic N) is 2. The minimum Gasteiger partial charge on any atom is -0.423 e. The summed E-state index contributed by atoms with van der Waals surface area (Å²) >= 11 is 1.52. The van der Waals surface area contributed by atoms with Gasteiger partial charge in [-0.1, -0.05) is 18.2 Å². The van der Waals surface area contributed by atoms with Crippen molar-refractivity contribution in [1.82, 2.24) is 4.98 Å². The minimum absolute atomic E-state index is 0.153. The lowest BCUT2D eigenvalue weighted by Crippen LogP contribution is -2.08. The molecule has 0 saturated carbocycles. The van der Waals surface area contributed by atoms with Gasteiger partial charge in [0.1, 0.15) is 11.6 Å². The number of aryl methyl sites for hydroxylation is 2. The average Bonchev–Trinajstić information content (AvgIpc) is 2.93. The molecule has 3 rings (SSSR count). The van der Waals surface area contributed by atoms with Crippen LogP contribution in [0.1, 0.15) is 26.5 Å². The molecule has 1 heterocycles. The summed E-state index contributed by atoms with van der Waals surface area (Å²) in [5.41, 5.74) is 4.74. The molecular formula is C19H16FN3O2S. The van der Waals surface area contributed by atoms with Crippen molar-refractivity contribution in [2.75, 3.05) is 5.43 Å². The van der Waals surface area contributed by atoms with E-state index in [9.17, 15) is 9.18 Å². The topological polar surface area (TPSA) is 63.6 Å². The predicted molar refractivity (Wildman–Crippen MR) is 101 cm³/mol. The maximum Gasteiger partial charge on any atom is 0.343 e. The van der Waals surface area contributed by atoms with Crippen LogP contribution in [0.2, 0.25) is 0 Å². The van der Waals surface area contributed by atoms with Gasteiger partial charge in [0.05, 0.1) is 17.5 Å². The molecule has 0 bridgehead atoms. The summed E-state index contributed by atoms with van der Waals surface area (Å²) in [5.74, 6) is -0.756. The number of hydrogen-bond donors (Lipinski definition) is 1. The molecule has 0 aliphatic heterocycles. The van der Waals surface area contributed by atoms with E-state index in [1.54, 1.807) is 24.4 Å². The van der Waals surface area contributed by atoms with E-state index >= 15 is 0 Å². The van der Waals surface area contributed by atoms with Crippen LogP contribution < -0.4 is 10.2 Å². The lowest BCUT2D eigenvalue weighted by molar-refractivity contribution is 0.0734. The number of ether oxygens (including phenoxy) is 1. The van der Waals surface area contributed by atoms with E-state index in [1.807, 2.05) is 19.9 Å². The zero-order chi connectivity index (χ0) is 18.5. The molecule has 132 valence electrons. The Labute approximate surface area is 154 Å². The van der Waals surface area contributed by atoms with Crippen molar-refractivity contribution in [2.45, 2.75) is 13.8 Å². The number of hydrazone groups is 1. The number of aromatic nitrogens is 1. The molecule has 7 heteroatoms. The van der Waals surface area contributed by atoms with E-state index in [4.69, 9.17) is 4.74 Å². The molecule has 5 nitrogen and oxygen atoms in total. The number of benzene rings is 2. The summed E-state index contributed by atoms with van der Waals surface area (Å²) in [4.78, 5) is 17.5. The monoisotopic (exact) mass is 369 g/mol. The third kappa shape index (κ3) is 4.52. The number of anilines is 1. The first-order chi connectivity index (χ1) is 12.5. The molecule has 0 atom stereocenters. The Kier molecular flexibility index (Phi) is 5.38. The highest BCUT2D eigenvalue weighted by Crippen LogP contribution is 2.21. The fourth-order valence-electron chi connectivity index (χ4n) is 2.12. The lowest BCUT2D eigenvalue weighted by Gasteiger charge is -2.05. The molecule has 3 aromatic rings. The van der Waals surface area contributed by atoms with Crippen molar-refractivity contribution in [3.05, 3.63) is 76.0 Å². The third-order valence-electron chi connectivity index (χ3n) is 3.53. The Morgan fingerprint density at radius 3 is 2.77 bits per heavy atom. The summed E-state index contributed by atoms with van der Waals surface area (Å²) < 4.78 is 18.5. The first kappa shape index (κ1) is 17.8. The van der Waals surface area contributed by atoms with E-state index < -0.39 is 11.8 Å². The van der Waals surface area contributed by atoms with Crippen LogP contribution in [-0.2, 0) is 0 Å². The van der Waals surface area contributed by atoms with Crippen LogP contribution in [0.4, 0.5) is 9.52 Å². The molecule has 26 heavy (non-hydrogen) atoms. The van der Waals surface area contributed by atoms with Gasteiger partial charge >= 0.3 is 5.97 Å². The standard InChI is InChI=1S/C19H16FN3O2S/c1-12-13(2)26-19(22-12)23-21-11-14-5-3-8-17(9-14)25-18(24)15-6-4-7-16(20)10-15/h3-11H,1-2H3,(H,22,23)/b21-11+. The SMILES string of the molecule is Cc1nc(N/N=C/c2cccc(OC(=O)c3cccc(F)c3)c2)sc1C. The molecule has 0 aliphatic rings. The molecule has 0 fully saturated rings. The van der Waals surface area contributed by atoms with Crippen molar-refractivity contribution >= 4 is 28.7 Å². The molecule has 0 amide bonds. The van der Waals surface area contributed by atoms with Crippen molar-refractivity contribution in [3.8, 4) is 5.75 Å². The molecular weight excluding hydrogens is 353 g/mol. The summed E-state index contributed by atoms with van der Waals surface area (Å²) in [5, 5.41) is 4.85. The van der Waals surface area contributed by atoms with Gasteiger partial charge in [-0.2, -0.15) is 5.10 Å². The van der Waals surface area contributed by atoms with E-state index in [0.29, 0.717) is 10.9 Å². The van der Waals surface area contributed by atoms with E-state index in [-0.39, 0.29) is 5.56 Å². The highest BCUT2D eigenvalue weighted by molar-refractivity contribution is 7.15. The fourth-order valence-corrected chi connectivity index (χ4v) is 2.89. The minimum atomic E-state index is -0.620. The third-order valence-corrected chi connectivity index (χ3v) is 4.51. The number of esters is 1. The Morgan fingerprint density at radius 2 is 2.04 bits per heavy atom. The number of thiazole rings is 1. The highest BCUT2D eigenvalue weighted by atomic mass is 32.1. The zero-order valence-electron chi connectivity index (χ0n) is 14.2. The Bertz CT molecular complexity index is 949. The molecule has 2 aromatic carbocycles. The van der Waals surface area contributed by atoms with E-state index in [2.05, 4.69) is 15.5 Å². The smallest absolute Gasteiger partial charge is 0.343 e. The molecule has 0 unspecified atom stereocenters. The van der Waals surface area contributed by atoms with Crippen LogP contribution in [0.5, 0.6) is 5.75 Å². The van der Waals surface area contributed by atoms with Crippen molar-refractivity contribution in [1.29, 1.82) is 0 Å². The Hall–Kier alpha value is -3.06. The summed E-state index contributed by atoms with van der Waals surface area (Å²) in [6.07, 6.45) is 1.60. The average molecular weight is 369 g/mol. The first-order valence-corrected chi connectivity index (χ1v) is 8.64.